The molecule has 0 fully saturated rings. The monoisotopic (exact) mass is 1760 g/mol. The zero-order valence-corrected chi connectivity index (χ0v) is 75.3. The second-order valence-electron chi connectivity index (χ2n) is 29.3. The van der Waals surface area contributed by atoms with Gasteiger partial charge < -0.3 is 10.2 Å². The molecule has 0 saturated heterocycles. The molecule has 1 aliphatic carbocycles. The van der Waals surface area contributed by atoms with Crippen LogP contribution in [-0.2, 0) is 6.42 Å². The first kappa shape index (κ1) is 82.7. The van der Waals surface area contributed by atoms with Crippen LogP contribution in [0.15, 0.2) is 329 Å². The first-order chi connectivity index (χ1) is 57.6. The Morgan fingerprint density at radius 1 is 0.271 bits per heavy atom. The second-order valence-corrected chi connectivity index (χ2v) is 39.5. The Morgan fingerprint density at radius 3 is 0.814 bits per heavy atom. The average Bonchev–Trinajstić information content (AvgIpc) is 0.710. The maximum atomic E-state index is 4.61. The van der Waals surface area contributed by atoms with Crippen molar-refractivity contribution in [2.75, 3.05) is 10.2 Å². The second kappa shape index (κ2) is 37.2. The molecule has 3 aliphatic rings. The smallest absolute Gasteiger partial charge is 0.204 e. The van der Waals surface area contributed by atoms with Crippen LogP contribution in [0.25, 0.3) is 57.7 Å². The van der Waals surface area contributed by atoms with E-state index in [9.17, 15) is 0 Å². The molecular formula is C103H93Br3N10Si2. The molecule has 0 radical (unpaired) electrons. The van der Waals surface area contributed by atoms with Crippen molar-refractivity contribution in [2.45, 2.75) is 89.5 Å². The molecule has 584 valence electrons. The summed E-state index contributed by atoms with van der Waals surface area (Å²) in [6.45, 7) is 24.5. The van der Waals surface area contributed by atoms with E-state index in [1.807, 2.05) is 79.7 Å². The maximum Gasteiger partial charge on any atom is 0.204 e. The summed E-state index contributed by atoms with van der Waals surface area (Å²) in [5, 5.41) is 50.5. The summed E-state index contributed by atoms with van der Waals surface area (Å²) in [7, 11) is -5.01. The van der Waals surface area contributed by atoms with E-state index in [-0.39, 0.29) is 0 Å². The Balaban J connectivity index is 0.000000139. The van der Waals surface area contributed by atoms with Crippen LogP contribution >= 0.6 is 47.8 Å². The number of fused-ring (bicyclic) bond motifs is 6. The van der Waals surface area contributed by atoms with Gasteiger partial charge in [0.2, 0.25) is 23.3 Å². The molecule has 2 aromatic heterocycles. The third-order valence-corrected chi connectivity index (χ3v) is 33.0. The molecule has 0 spiro atoms. The first-order valence-electron chi connectivity index (χ1n) is 40.2. The highest BCUT2D eigenvalue weighted by atomic mass is 79.9. The maximum absolute atomic E-state index is 4.61. The highest BCUT2D eigenvalue weighted by Gasteiger charge is 2.49. The standard InChI is InChI=1S/C42H34BrN5Si.C24H19NSi.C18H16Br2N4.C15H12.2C2H6/c1-27-23-31(43)24-28(2)39(27)41-44-46-42(47-45-41)40-29(3)25-32(26-30(40)4)48-35-19-11-13-21-37(35)49(33-15-7-5-8-16-33,34-17-9-6-10-18-34)38-22-14-12-20-36(38)48;1-3-11-19(12-4-1)26(20-13-5-2-6-14-20)23-17-9-7-15-21(23)25-22-16-8-10-18-24(22)26;1-9-5-13(19)6-10(2)15(9)17-21-23-18(24-22-17)16-11(3)7-14(20)8-12(16)4;1-3-7-14-11-15-8-4-2-6-13(15)10-9-12(14)5-1;2*1-2/h5-26H,1-4H3;1-18,25H;5-8H,1-4H3;1-10H,11H2;2*1-2H3. The lowest BCUT2D eigenvalue weighted by Gasteiger charge is -2.45. The molecular weight excluding hydrogens is 1670 g/mol. The fraction of sp³-hybridized carbons (Fsp3) is 0.126. The highest BCUT2D eigenvalue weighted by Crippen LogP contribution is 2.42. The number of nitrogens with zero attached hydrogens (tertiary/aromatic N) is 9. The van der Waals surface area contributed by atoms with Crippen LogP contribution in [0.1, 0.15) is 94.5 Å². The molecule has 19 rings (SSSR count). The molecule has 10 nitrogen and oxygen atoms in total. The fourth-order valence-electron chi connectivity index (χ4n) is 17.2. The predicted octanol–water partition coefficient (Wildman–Crippen LogP) is 22.1. The van der Waals surface area contributed by atoms with Crippen molar-refractivity contribution >= 4 is 146 Å². The number of para-hydroxylation sites is 4. The third-order valence-electron chi connectivity index (χ3n) is 21.9. The Morgan fingerprint density at radius 2 is 0.508 bits per heavy atom. The summed E-state index contributed by atoms with van der Waals surface area (Å²) in [6.07, 6.45) is 5.46. The van der Waals surface area contributed by atoms with Gasteiger partial charge in [-0.25, -0.2) is 0 Å². The van der Waals surface area contributed by atoms with Crippen molar-refractivity contribution in [3.05, 3.63) is 396 Å². The summed E-state index contributed by atoms with van der Waals surface area (Å²) in [6, 6.07) is 114. The number of hydrogen-bond acceptors (Lipinski definition) is 10. The van der Waals surface area contributed by atoms with E-state index in [1.165, 1.54) is 86.5 Å². The lowest BCUT2D eigenvalue weighted by molar-refractivity contribution is 0.871. The lowest BCUT2D eigenvalue weighted by Crippen LogP contribution is -2.77. The number of anilines is 5. The van der Waals surface area contributed by atoms with E-state index in [1.54, 1.807) is 0 Å². The zero-order chi connectivity index (χ0) is 82.6. The van der Waals surface area contributed by atoms with Gasteiger partial charge in [0.25, 0.3) is 0 Å². The average molecular weight is 1770 g/mol. The van der Waals surface area contributed by atoms with E-state index >= 15 is 0 Å². The molecule has 118 heavy (non-hydrogen) atoms. The Hall–Kier alpha value is -11.8. The van der Waals surface area contributed by atoms with E-state index < -0.39 is 16.1 Å². The third kappa shape index (κ3) is 16.5. The van der Waals surface area contributed by atoms with Gasteiger partial charge in [-0.3, -0.25) is 0 Å². The van der Waals surface area contributed by atoms with Gasteiger partial charge >= 0.3 is 0 Å². The van der Waals surface area contributed by atoms with Gasteiger partial charge in [0.05, 0.1) is 0 Å². The molecule has 16 aromatic rings. The molecule has 0 amide bonds. The number of aryl methyl sites for hydroxylation is 8. The van der Waals surface area contributed by atoms with Gasteiger partial charge in [0.15, 0.2) is 16.1 Å². The first-order valence-corrected chi connectivity index (χ1v) is 46.5. The minimum absolute atomic E-state index is 0.525. The fourth-order valence-corrected chi connectivity index (χ4v) is 29.4. The molecule has 1 N–H and O–H groups in total. The zero-order valence-electron chi connectivity index (χ0n) is 68.5. The number of aromatic nitrogens is 8. The minimum Gasteiger partial charge on any atom is -0.356 e. The number of benzene rings is 14. The van der Waals surface area contributed by atoms with Crippen LogP contribution in [0.4, 0.5) is 28.4 Å². The van der Waals surface area contributed by atoms with Gasteiger partial charge in [0, 0.05) is 64.1 Å². The minimum atomic E-state index is -2.67. The summed E-state index contributed by atoms with van der Waals surface area (Å²) >= 11 is 10.6. The Labute approximate surface area is 721 Å². The number of nitrogens with one attached hydrogen (secondary N) is 1. The van der Waals surface area contributed by atoms with Crippen LogP contribution in [0, 0.1) is 55.4 Å². The van der Waals surface area contributed by atoms with Crippen molar-refractivity contribution in [3.63, 3.8) is 0 Å². The van der Waals surface area contributed by atoms with Gasteiger partial charge in [-0.1, -0.05) is 330 Å². The Bertz CT molecular complexity index is 5880. The van der Waals surface area contributed by atoms with Gasteiger partial charge in [0.1, 0.15) is 0 Å². The molecule has 15 heteroatoms. The normalized spacial score (nSPS) is 12.5. The number of halogens is 3. The van der Waals surface area contributed by atoms with Crippen LogP contribution < -0.4 is 51.7 Å². The van der Waals surface area contributed by atoms with Gasteiger partial charge in [-0.15, -0.1) is 40.8 Å². The molecule has 4 heterocycles. The molecule has 2 aliphatic heterocycles. The largest absolute Gasteiger partial charge is 0.356 e. The van der Waals surface area contributed by atoms with Crippen molar-refractivity contribution < 1.29 is 0 Å². The molecule has 0 atom stereocenters. The molecule has 0 bridgehead atoms. The molecule has 0 saturated carbocycles. The topological polar surface area (TPSA) is 118 Å². The van der Waals surface area contributed by atoms with Crippen molar-refractivity contribution in [3.8, 4) is 45.6 Å². The molecule has 14 aromatic carbocycles. The van der Waals surface area contributed by atoms with Crippen molar-refractivity contribution in [1.29, 1.82) is 0 Å². The predicted molar refractivity (Wildman–Crippen MR) is 510 cm³/mol. The van der Waals surface area contributed by atoms with E-state index in [4.69, 9.17) is 0 Å². The van der Waals surface area contributed by atoms with E-state index in [2.05, 4.69) is 430 Å². The van der Waals surface area contributed by atoms with Crippen LogP contribution in [0.5, 0.6) is 0 Å². The number of rotatable bonds is 9. The van der Waals surface area contributed by atoms with Crippen LogP contribution in [-0.4, -0.2) is 56.9 Å². The van der Waals surface area contributed by atoms with Crippen molar-refractivity contribution in [2.24, 2.45) is 0 Å². The lowest BCUT2D eigenvalue weighted by atomic mass is 10.00. The van der Waals surface area contributed by atoms with Gasteiger partial charge in [-0.05, 0) is 243 Å². The molecule has 0 unspecified atom stereocenters. The summed E-state index contributed by atoms with van der Waals surface area (Å²) in [5.41, 5.74) is 24.0. The quantitative estimate of drug-likeness (QED) is 0.140. The number of hydrogen-bond donors (Lipinski definition) is 1. The Kier molecular flexibility index (Phi) is 26.1. The summed E-state index contributed by atoms with van der Waals surface area (Å²) in [4.78, 5) is 2.44. The van der Waals surface area contributed by atoms with E-state index in [0.29, 0.717) is 23.3 Å². The summed E-state index contributed by atoms with van der Waals surface area (Å²) in [5.74, 6) is 2.16. The van der Waals surface area contributed by atoms with Gasteiger partial charge in [-0.2, -0.15) is 0 Å². The summed E-state index contributed by atoms with van der Waals surface area (Å²) < 4.78 is 3.11. The SMILES string of the molecule is C1=Cc2ccccc2Cc2ccccc21.CC.CC.Cc1cc(Br)cc(C)c1-c1nnc(-c2c(C)cc(Br)cc2C)nn1.Cc1cc(Br)cc(C)c1-c1nnc(-c2c(C)cc(N3c4ccccc4[Si](c4ccccc4)(c4ccccc4)c4ccccc43)cc2C)nn1.c1ccc([Si]2(c3ccccc3)c3ccccc3Nc3ccccc32)cc1. The van der Waals surface area contributed by atoms with E-state index in [0.717, 1.165) is 92.3 Å². The van der Waals surface area contributed by atoms with Crippen LogP contribution in [0.3, 0.4) is 0 Å². The van der Waals surface area contributed by atoms with Crippen molar-refractivity contribution in [1.82, 2.24) is 40.8 Å². The highest BCUT2D eigenvalue weighted by molar-refractivity contribution is 9.11. The van der Waals surface area contributed by atoms with Crippen LogP contribution in [0.2, 0.25) is 0 Å².